The third-order valence-corrected chi connectivity index (χ3v) is 4.70. The van der Waals surface area contributed by atoms with E-state index in [-0.39, 0.29) is 5.41 Å². The Morgan fingerprint density at radius 2 is 2.05 bits per heavy atom. The summed E-state index contributed by atoms with van der Waals surface area (Å²) in [5.41, 5.74) is 5.67. The molecule has 1 aromatic heterocycles. The van der Waals surface area contributed by atoms with Crippen molar-refractivity contribution >= 4 is 5.69 Å². The summed E-state index contributed by atoms with van der Waals surface area (Å²) in [6.07, 6.45) is 6.60. The van der Waals surface area contributed by atoms with Crippen LogP contribution in [0.25, 0.3) is 5.69 Å². The second kappa shape index (κ2) is 3.87. The first kappa shape index (κ1) is 12.0. The van der Waals surface area contributed by atoms with Crippen LogP contribution < -0.4 is 4.90 Å². The van der Waals surface area contributed by atoms with Crippen LogP contribution in [0.2, 0.25) is 0 Å². The molecule has 1 aromatic carbocycles. The number of hydrogen-bond acceptors (Lipinski definition) is 2. The summed E-state index contributed by atoms with van der Waals surface area (Å²) in [5, 5.41) is 0. The number of benzene rings is 1. The third kappa shape index (κ3) is 1.69. The van der Waals surface area contributed by atoms with Gasteiger partial charge in [-0.25, -0.2) is 4.98 Å². The van der Waals surface area contributed by atoms with E-state index in [1.807, 2.05) is 12.5 Å². The van der Waals surface area contributed by atoms with Crippen LogP contribution in [-0.2, 0) is 5.41 Å². The smallest absolute Gasteiger partial charge is 0.0994 e. The van der Waals surface area contributed by atoms with E-state index in [1.54, 1.807) is 0 Å². The van der Waals surface area contributed by atoms with Gasteiger partial charge in [0.1, 0.15) is 0 Å². The van der Waals surface area contributed by atoms with Crippen molar-refractivity contribution in [3.05, 3.63) is 42.0 Å². The molecule has 20 heavy (non-hydrogen) atoms. The van der Waals surface area contributed by atoms with E-state index >= 15 is 0 Å². The number of rotatable bonds is 2. The van der Waals surface area contributed by atoms with Crippen molar-refractivity contribution < 1.29 is 0 Å². The highest BCUT2D eigenvalue weighted by molar-refractivity contribution is 5.65. The van der Waals surface area contributed by atoms with Gasteiger partial charge in [0.05, 0.1) is 6.33 Å². The zero-order valence-electron chi connectivity index (χ0n) is 12.4. The average Bonchev–Trinajstić information content (AvgIpc) is 3.09. The fourth-order valence-electron chi connectivity index (χ4n) is 3.52. The quantitative estimate of drug-likeness (QED) is 0.830. The van der Waals surface area contributed by atoms with Gasteiger partial charge in [-0.15, -0.1) is 0 Å². The number of nitrogens with zero attached hydrogens (tertiary/aromatic N) is 3. The Morgan fingerprint density at radius 1 is 1.25 bits per heavy atom. The molecule has 4 rings (SSSR count). The van der Waals surface area contributed by atoms with Crippen LogP contribution in [-0.4, -0.2) is 23.1 Å². The number of fused-ring (bicyclic) bond motifs is 1. The summed E-state index contributed by atoms with van der Waals surface area (Å²) in [6, 6.07) is 6.86. The second-order valence-corrected chi connectivity index (χ2v) is 6.90. The fraction of sp³-hybridized carbons (Fsp3) is 0.471. The predicted octanol–water partition coefficient (Wildman–Crippen LogP) is 3.48. The largest absolute Gasteiger partial charge is 0.373 e. The van der Waals surface area contributed by atoms with Crippen LogP contribution in [0, 0.1) is 0 Å². The highest BCUT2D eigenvalue weighted by Crippen LogP contribution is 2.43. The normalized spacial score (nSPS) is 20.2. The molecule has 0 amide bonds. The van der Waals surface area contributed by atoms with Gasteiger partial charge in [-0.3, -0.25) is 0 Å². The molecule has 1 aliphatic heterocycles. The number of hydrogen-bond donors (Lipinski definition) is 0. The van der Waals surface area contributed by atoms with Crippen molar-refractivity contribution in [1.29, 1.82) is 0 Å². The van der Waals surface area contributed by atoms with Crippen LogP contribution in [0.15, 0.2) is 30.7 Å². The predicted molar refractivity (Wildman–Crippen MR) is 81.8 cm³/mol. The Kier molecular flexibility index (Phi) is 2.33. The molecule has 1 aliphatic carbocycles. The Hall–Kier alpha value is -1.77. The molecule has 3 nitrogen and oxygen atoms in total. The minimum atomic E-state index is 0.247. The summed E-state index contributed by atoms with van der Waals surface area (Å²) in [4.78, 5) is 6.72. The maximum Gasteiger partial charge on any atom is 0.0994 e. The minimum absolute atomic E-state index is 0.247. The molecule has 1 fully saturated rings. The van der Waals surface area contributed by atoms with Crippen LogP contribution in [0.5, 0.6) is 0 Å². The van der Waals surface area contributed by atoms with Gasteiger partial charge in [-0.1, -0.05) is 19.9 Å². The van der Waals surface area contributed by atoms with E-state index in [2.05, 4.69) is 53.5 Å². The third-order valence-electron chi connectivity index (χ3n) is 4.70. The van der Waals surface area contributed by atoms with E-state index in [9.17, 15) is 0 Å². The van der Waals surface area contributed by atoms with Crippen LogP contribution >= 0.6 is 0 Å². The lowest BCUT2D eigenvalue weighted by Crippen LogP contribution is -2.24. The molecule has 0 radical (unpaired) electrons. The van der Waals surface area contributed by atoms with Gasteiger partial charge in [0.2, 0.25) is 0 Å². The minimum Gasteiger partial charge on any atom is -0.373 e. The molecule has 2 aromatic rings. The molecule has 0 spiro atoms. The molecule has 1 saturated carbocycles. The van der Waals surface area contributed by atoms with Crippen LogP contribution in [0.4, 0.5) is 5.69 Å². The average molecular weight is 267 g/mol. The Labute approximate surface area is 120 Å². The summed E-state index contributed by atoms with van der Waals surface area (Å²) < 4.78 is 2.26. The van der Waals surface area contributed by atoms with E-state index in [0.29, 0.717) is 0 Å². The number of likely N-dealkylation sites (N-methyl/N-ethyl adjacent to an activating group) is 1. The van der Waals surface area contributed by atoms with Gasteiger partial charge < -0.3 is 9.47 Å². The van der Waals surface area contributed by atoms with Crippen molar-refractivity contribution in [3.8, 4) is 5.69 Å². The SMILES string of the molecule is CN1CC(C)(C)c2ccc(-n3cncc3C3CC3)cc21. The molecular weight excluding hydrogens is 246 g/mol. The standard InChI is InChI=1S/C17H21N3/c1-17(2)10-19(3)15-8-13(6-7-14(15)17)20-11-18-9-16(20)12-4-5-12/h6-9,11-12H,4-5,10H2,1-3H3. The molecule has 3 heteroatoms. The zero-order valence-corrected chi connectivity index (χ0v) is 12.4. The summed E-state index contributed by atoms with van der Waals surface area (Å²) in [6.45, 7) is 5.73. The van der Waals surface area contributed by atoms with Crippen molar-refractivity contribution in [2.45, 2.75) is 38.0 Å². The second-order valence-electron chi connectivity index (χ2n) is 6.90. The lowest BCUT2D eigenvalue weighted by molar-refractivity contribution is 0.563. The summed E-state index contributed by atoms with van der Waals surface area (Å²) >= 11 is 0. The van der Waals surface area contributed by atoms with Crippen molar-refractivity contribution in [1.82, 2.24) is 9.55 Å². The van der Waals surface area contributed by atoms with E-state index in [0.717, 1.165) is 12.5 Å². The first-order valence-corrected chi connectivity index (χ1v) is 7.44. The first-order valence-electron chi connectivity index (χ1n) is 7.44. The molecule has 0 saturated heterocycles. The van der Waals surface area contributed by atoms with Crippen LogP contribution in [0.1, 0.15) is 43.9 Å². The number of imidazole rings is 1. The molecular formula is C17H21N3. The number of aromatic nitrogens is 2. The van der Waals surface area contributed by atoms with Gasteiger partial charge in [-0.2, -0.15) is 0 Å². The molecule has 0 N–H and O–H groups in total. The Bertz CT molecular complexity index is 665. The Morgan fingerprint density at radius 3 is 2.80 bits per heavy atom. The monoisotopic (exact) mass is 267 g/mol. The fourth-order valence-corrected chi connectivity index (χ4v) is 3.52. The van der Waals surface area contributed by atoms with Gasteiger partial charge in [0.15, 0.2) is 0 Å². The maximum absolute atomic E-state index is 4.35. The molecule has 0 unspecified atom stereocenters. The van der Waals surface area contributed by atoms with Gasteiger partial charge >= 0.3 is 0 Å². The lowest BCUT2D eigenvalue weighted by atomic mass is 9.87. The Balaban J connectivity index is 1.81. The molecule has 2 aliphatic rings. The number of anilines is 1. The maximum atomic E-state index is 4.35. The topological polar surface area (TPSA) is 21.1 Å². The lowest BCUT2D eigenvalue weighted by Gasteiger charge is -2.18. The highest BCUT2D eigenvalue weighted by atomic mass is 15.1. The van der Waals surface area contributed by atoms with E-state index in [4.69, 9.17) is 0 Å². The zero-order chi connectivity index (χ0) is 13.9. The molecule has 0 bridgehead atoms. The molecule has 0 atom stereocenters. The van der Waals surface area contributed by atoms with Crippen LogP contribution in [0.3, 0.4) is 0 Å². The molecule has 2 heterocycles. The van der Waals surface area contributed by atoms with Crippen molar-refractivity contribution in [2.75, 3.05) is 18.5 Å². The van der Waals surface area contributed by atoms with Crippen molar-refractivity contribution in [3.63, 3.8) is 0 Å². The summed E-state index contributed by atoms with van der Waals surface area (Å²) in [7, 11) is 2.19. The highest BCUT2D eigenvalue weighted by Gasteiger charge is 2.33. The van der Waals surface area contributed by atoms with Gasteiger partial charge in [0.25, 0.3) is 0 Å². The molecule has 104 valence electrons. The van der Waals surface area contributed by atoms with Gasteiger partial charge in [0, 0.05) is 48.2 Å². The summed E-state index contributed by atoms with van der Waals surface area (Å²) in [5.74, 6) is 0.722. The van der Waals surface area contributed by atoms with Crippen molar-refractivity contribution in [2.24, 2.45) is 0 Å². The first-order chi connectivity index (χ1) is 9.56. The van der Waals surface area contributed by atoms with E-state index < -0.39 is 0 Å². The van der Waals surface area contributed by atoms with Gasteiger partial charge in [-0.05, 0) is 30.5 Å². The van der Waals surface area contributed by atoms with E-state index in [1.165, 1.54) is 35.5 Å².